The van der Waals surface area contributed by atoms with Crippen molar-refractivity contribution < 1.29 is 0 Å². The number of nitrogens with zero attached hydrogens (tertiary/aromatic N) is 2. The summed E-state index contributed by atoms with van der Waals surface area (Å²) in [6, 6.07) is 40.5. The molecule has 0 fully saturated rings. The van der Waals surface area contributed by atoms with Crippen molar-refractivity contribution in [3.63, 3.8) is 0 Å². The third-order valence-corrected chi connectivity index (χ3v) is 8.83. The fourth-order valence-corrected chi connectivity index (χ4v) is 6.63. The lowest BCUT2D eigenvalue weighted by atomic mass is 9.82. The van der Waals surface area contributed by atoms with Gasteiger partial charge in [0.15, 0.2) is 0 Å². The molecule has 1 aliphatic rings. The van der Waals surface area contributed by atoms with Crippen molar-refractivity contribution in [3.8, 4) is 11.1 Å². The van der Waals surface area contributed by atoms with Crippen LogP contribution < -0.4 is 5.73 Å². The van der Waals surface area contributed by atoms with Gasteiger partial charge in [0.05, 0.1) is 16.7 Å². The van der Waals surface area contributed by atoms with E-state index >= 15 is 0 Å². The van der Waals surface area contributed by atoms with Crippen LogP contribution >= 0.6 is 15.9 Å². The first-order chi connectivity index (χ1) is 19.9. The molecule has 0 unspecified atom stereocenters. The molecule has 4 heteroatoms. The van der Waals surface area contributed by atoms with Gasteiger partial charge in [-0.1, -0.05) is 121 Å². The van der Waals surface area contributed by atoms with E-state index in [4.69, 9.17) is 10.7 Å². The van der Waals surface area contributed by atoms with Crippen LogP contribution in [0.3, 0.4) is 0 Å². The number of halogens is 1. The first kappa shape index (κ1) is 25.6. The van der Waals surface area contributed by atoms with Crippen molar-refractivity contribution in [2.45, 2.75) is 25.7 Å². The van der Waals surface area contributed by atoms with Gasteiger partial charge in [-0.15, -0.1) is 0 Å². The van der Waals surface area contributed by atoms with Gasteiger partial charge in [0.1, 0.15) is 0 Å². The summed E-state index contributed by atoms with van der Waals surface area (Å²) in [5.74, 6) is 0.448. The zero-order valence-electron chi connectivity index (χ0n) is 23.1. The molecule has 0 aliphatic heterocycles. The number of fused-ring (bicyclic) bond motifs is 6. The molecule has 0 bridgehead atoms. The highest BCUT2D eigenvalue weighted by atomic mass is 79.9. The summed E-state index contributed by atoms with van der Waals surface area (Å²) < 4.78 is 3.16. The highest BCUT2D eigenvalue weighted by Crippen LogP contribution is 2.50. The molecule has 0 saturated carbocycles. The minimum atomic E-state index is -0.112. The van der Waals surface area contributed by atoms with E-state index in [2.05, 4.69) is 131 Å². The second-order valence-electron chi connectivity index (χ2n) is 11.2. The van der Waals surface area contributed by atoms with Crippen molar-refractivity contribution in [3.05, 3.63) is 148 Å². The maximum atomic E-state index is 6.97. The average Bonchev–Trinajstić information content (AvgIpc) is 3.43. The number of aliphatic imine (C=N–C) groups is 1. The molecule has 3 nitrogen and oxygen atoms in total. The predicted molar refractivity (Wildman–Crippen MR) is 176 cm³/mol. The molecular formula is C37H30BrN3. The number of aromatic nitrogens is 1. The van der Waals surface area contributed by atoms with Gasteiger partial charge in [-0.05, 0) is 70.1 Å². The van der Waals surface area contributed by atoms with Crippen LogP contribution in [0.1, 0.15) is 36.1 Å². The van der Waals surface area contributed by atoms with E-state index in [1.54, 1.807) is 0 Å². The fourth-order valence-electron chi connectivity index (χ4n) is 6.27. The lowest BCUT2D eigenvalue weighted by molar-refractivity contribution is 0.661. The Hall–Kier alpha value is -4.41. The molecule has 0 spiro atoms. The summed E-state index contributed by atoms with van der Waals surface area (Å²) in [5.41, 5.74) is 17.4. The quantitative estimate of drug-likeness (QED) is 0.160. The Balaban J connectivity index is 1.45. The van der Waals surface area contributed by atoms with Crippen molar-refractivity contribution in [1.29, 1.82) is 0 Å². The first-order valence-corrected chi connectivity index (χ1v) is 14.7. The van der Waals surface area contributed by atoms with Gasteiger partial charge in [0.2, 0.25) is 5.96 Å². The number of allylic oxidation sites excluding steroid dienone is 1. The Morgan fingerprint density at radius 2 is 1.44 bits per heavy atom. The number of rotatable bonds is 4. The van der Waals surface area contributed by atoms with E-state index < -0.39 is 0 Å². The van der Waals surface area contributed by atoms with Crippen LogP contribution in [0.2, 0.25) is 0 Å². The van der Waals surface area contributed by atoms with Gasteiger partial charge in [-0.25, -0.2) is 4.99 Å². The van der Waals surface area contributed by atoms with E-state index in [9.17, 15) is 0 Å². The van der Waals surface area contributed by atoms with E-state index in [-0.39, 0.29) is 5.41 Å². The zero-order chi connectivity index (χ0) is 28.1. The largest absolute Gasteiger partial charge is 0.369 e. The number of hydrogen-bond acceptors (Lipinski definition) is 1. The summed E-state index contributed by atoms with van der Waals surface area (Å²) in [4.78, 5) is 5.10. The topological polar surface area (TPSA) is 43.3 Å². The third kappa shape index (κ3) is 4.30. The summed E-state index contributed by atoms with van der Waals surface area (Å²) in [7, 11) is 0. The van der Waals surface area contributed by atoms with Crippen molar-refractivity contribution in [1.82, 2.24) is 4.57 Å². The predicted octanol–water partition coefficient (Wildman–Crippen LogP) is 9.31. The zero-order valence-corrected chi connectivity index (χ0v) is 24.7. The lowest BCUT2D eigenvalue weighted by Gasteiger charge is -2.21. The molecule has 0 radical (unpaired) electrons. The van der Waals surface area contributed by atoms with E-state index in [1.807, 2.05) is 24.3 Å². The minimum Gasteiger partial charge on any atom is -0.369 e. The Kier molecular flexibility index (Phi) is 6.17. The molecule has 7 rings (SSSR count). The summed E-state index contributed by atoms with van der Waals surface area (Å²) in [5, 5.41) is 2.31. The molecule has 1 heterocycles. The molecule has 0 saturated heterocycles. The van der Waals surface area contributed by atoms with Gasteiger partial charge in [0, 0.05) is 20.7 Å². The van der Waals surface area contributed by atoms with Crippen molar-refractivity contribution in [2.75, 3.05) is 0 Å². The SMILES string of the molecule is CC1(C)c2ccccc2-c2cc3c4cc(Br)ccc4n(C(N)=NC(=CCc4ccccc4)c4ccccc4)c3cc21. The summed E-state index contributed by atoms with van der Waals surface area (Å²) in [6.45, 7) is 4.62. The van der Waals surface area contributed by atoms with E-state index in [0.717, 1.165) is 38.6 Å². The first-order valence-electron chi connectivity index (χ1n) is 13.9. The number of hydrogen-bond donors (Lipinski definition) is 1. The van der Waals surface area contributed by atoms with Crippen molar-refractivity contribution in [2.24, 2.45) is 10.7 Å². The maximum Gasteiger partial charge on any atom is 0.205 e. The molecular weight excluding hydrogens is 566 g/mol. The molecule has 41 heavy (non-hydrogen) atoms. The molecule has 0 atom stereocenters. The van der Waals surface area contributed by atoms with Crippen LogP contribution in [0.4, 0.5) is 0 Å². The van der Waals surface area contributed by atoms with Gasteiger partial charge in [-0.2, -0.15) is 0 Å². The van der Waals surface area contributed by atoms with Gasteiger partial charge < -0.3 is 5.73 Å². The standard InChI is InChI=1S/C37H30BrN3/c1-37(2)31-16-10-9-15-27(31)28-22-30-29-21-26(38)18-20-34(29)41(35(30)23-32(28)37)36(39)40-33(25-13-7-4-8-14-25)19-17-24-11-5-3-6-12-24/h3-16,18-23H,17H2,1-2H3,(H2,39,40). The fraction of sp³-hybridized carbons (Fsp3) is 0.108. The van der Waals surface area contributed by atoms with E-state index in [0.29, 0.717) is 5.96 Å². The Labute approximate surface area is 248 Å². The van der Waals surface area contributed by atoms with Crippen LogP contribution in [0.5, 0.6) is 0 Å². The molecule has 1 aromatic heterocycles. The Morgan fingerprint density at radius 3 is 2.22 bits per heavy atom. The van der Waals surface area contributed by atoms with Crippen LogP contribution in [0, 0.1) is 0 Å². The Bertz CT molecular complexity index is 2000. The van der Waals surface area contributed by atoms with Crippen LogP contribution in [-0.2, 0) is 11.8 Å². The molecule has 0 amide bonds. The number of nitrogens with two attached hydrogens (primary N) is 1. The second kappa shape index (κ2) is 9.90. The minimum absolute atomic E-state index is 0.112. The molecule has 200 valence electrons. The average molecular weight is 597 g/mol. The highest BCUT2D eigenvalue weighted by molar-refractivity contribution is 9.10. The summed E-state index contributed by atoms with van der Waals surface area (Å²) >= 11 is 3.70. The van der Waals surface area contributed by atoms with Crippen molar-refractivity contribution >= 4 is 49.4 Å². The summed E-state index contributed by atoms with van der Waals surface area (Å²) in [6.07, 6.45) is 2.93. The Morgan fingerprint density at radius 1 is 0.756 bits per heavy atom. The molecule has 6 aromatic rings. The second-order valence-corrected chi connectivity index (χ2v) is 12.1. The smallest absolute Gasteiger partial charge is 0.205 e. The van der Waals surface area contributed by atoms with Crippen LogP contribution in [0.15, 0.2) is 131 Å². The molecule has 1 aliphatic carbocycles. The van der Waals surface area contributed by atoms with Crippen LogP contribution in [0.25, 0.3) is 38.6 Å². The van der Waals surface area contributed by atoms with Gasteiger partial charge in [-0.3, -0.25) is 4.57 Å². The number of benzene rings is 5. The molecule has 2 N–H and O–H groups in total. The van der Waals surface area contributed by atoms with E-state index in [1.165, 1.54) is 33.2 Å². The van der Waals surface area contributed by atoms with Gasteiger partial charge >= 0.3 is 0 Å². The van der Waals surface area contributed by atoms with Crippen LogP contribution in [-0.4, -0.2) is 10.5 Å². The van der Waals surface area contributed by atoms with Gasteiger partial charge in [0.25, 0.3) is 0 Å². The normalized spacial score (nSPS) is 14.4. The monoisotopic (exact) mass is 595 g/mol. The lowest BCUT2D eigenvalue weighted by Crippen LogP contribution is -2.22. The molecule has 5 aromatic carbocycles. The highest BCUT2D eigenvalue weighted by Gasteiger charge is 2.36. The third-order valence-electron chi connectivity index (χ3n) is 8.34. The maximum absolute atomic E-state index is 6.97.